The summed E-state index contributed by atoms with van der Waals surface area (Å²) < 4.78 is 93.5. The fourth-order valence-corrected chi connectivity index (χ4v) is 6.12. The first-order chi connectivity index (χ1) is 25.2. The summed E-state index contributed by atoms with van der Waals surface area (Å²) in [6.45, 7) is 14.5. The van der Waals surface area contributed by atoms with Crippen LogP contribution >= 0.6 is 36.8 Å². The van der Waals surface area contributed by atoms with E-state index in [9.17, 15) is 9.13 Å². The molecular formula is C32H72O16P2S2. The lowest BCUT2D eigenvalue weighted by Crippen LogP contribution is -2.14. The zero-order valence-electron chi connectivity index (χ0n) is 33.2. The van der Waals surface area contributed by atoms with Crippen LogP contribution in [0.15, 0.2) is 0 Å². The third-order valence-electron chi connectivity index (χ3n) is 5.73. The minimum atomic E-state index is -2.91. The third kappa shape index (κ3) is 54.9. The molecule has 2 atom stereocenters. The van der Waals surface area contributed by atoms with Crippen molar-refractivity contribution in [1.29, 1.82) is 0 Å². The Hall–Kier alpha value is 0.600. The van der Waals surface area contributed by atoms with E-state index in [1.807, 2.05) is 21.6 Å². The molecule has 0 aliphatic carbocycles. The van der Waals surface area contributed by atoms with Gasteiger partial charge in [0.1, 0.15) is 0 Å². The number of hydrogen-bond donors (Lipinski definition) is 0. The molecule has 0 rings (SSSR count). The maximum Gasteiger partial charge on any atom is 0.327 e. The second kappa shape index (κ2) is 47.8. The highest BCUT2D eigenvalue weighted by atomic mass is 33.1. The molecule has 0 amide bonds. The molecular weight excluding hydrogens is 766 g/mol. The van der Waals surface area contributed by atoms with Crippen LogP contribution in [0.5, 0.6) is 0 Å². The number of rotatable bonds is 39. The highest BCUT2D eigenvalue weighted by Crippen LogP contribution is 2.42. The van der Waals surface area contributed by atoms with Gasteiger partial charge in [0.05, 0.1) is 119 Å². The summed E-state index contributed by atoms with van der Waals surface area (Å²) in [5, 5.41) is 0. The van der Waals surface area contributed by atoms with Crippen molar-refractivity contribution in [2.75, 3.05) is 186 Å². The number of ether oxygens (including phenoxy) is 10. The molecule has 16 nitrogen and oxygen atoms in total. The van der Waals surface area contributed by atoms with E-state index in [-0.39, 0.29) is 13.2 Å². The van der Waals surface area contributed by atoms with E-state index in [0.29, 0.717) is 106 Å². The summed E-state index contributed by atoms with van der Waals surface area (Å²) in [5.41, 5.74) is 0. The number of hydrogen-bond acceptors (Lipinski definition) is 18. The van der Waals surface area contributed by atoms with E-state index in [0.717, 1.165) is 6.61 Å². The van der Waals surface area contributed by atoms with Crippen molar-refractivity contribution in [1.82, 2.24) is 0 Å². The van der Waals surface area contributed by atoms with Crippen LogP contribution in [0.4, 0.5) is 0 Å². The van der Waals surface area contributed by atoms with Gasteiger partial charge >= 0.3 is 15.2 Å². The lowest BCUT2D eigenvalue weighted by atomic mass is 10.4. The Bertz CT molecular complexity index is 757. The average molecular weight is 839 g/mol. The van der Waals surface area contributed by atoms with Crippen LogP contribution in [0.3, 0.4) is 0 Å². The standard InChI is InChI=1S/C15H33O9P.C9H21O6P.C8H18OS2/c1-17-4-5-19-6-7-20-8-9-21-10-11-22-12-13-23-14-15-24-25(3,16)18-2;1-11-4-5-13-6-7-14-8-9-15-16(3,10)12-2;1-3-4-7-10-11-8-5-6-9-2/h4-15H2,1-3H3;4-9H2,1-3H3;3-8H2,1-2H3. The maximum absolute atomic E-state index is 11.4. The van der Waals surface area contributed by atoms with Crippen LogP contribution in [-0.2, 0) is 74.6 Å². The highest BCUT2D eigenvalue weighted by Gasteiger charge is 2.14. The molecule has 0 N–H and O–H groups in total. The predicted octanol–water partition coefficient (Wildman–Crippen LogP) is 5.56. The average Bonchev–Trinajstić information content (AvgIpc) is 3.14. The summed E-state index contributed by atoms with van der Waals surface area (Å²) in [5.74, 6) is 2.52. The van der Waals surface area contributed by atoms with E-state index in [1.165, 1.54) is 58.3 Å². The van der Waals surface area contributed by atoms with E-state index >= 15 is 0 Å². The first-order valence-electron chi connectivity index (χ1n) is 17.5. The molecule has 0 aliphatic heterocycles. The van der Waals surface area contributed by atoms with Crippen molar-refractivity contribution < 1.29 is 74.6 Å². The van der Waals surface area contributed by atoms with Crippen molar-refractivity contribution in [2.24, 2.45) is 0 Å². The fourth-order valence-electron chi connectivity index (χ4n) is 2.80. The van der Waals surface area contributed by atoms with Crippen LogP contribution in [-0.4, -0.2) is 186 Å². The van der Waals surface area contributed by atoms with Gasteiger partial charge < -0.3 is 65.5 Å². The minimum Gasteiger partial charge on any atom is -0.385 e. The minimum absolute atomic E-state index is 0.224. The topological polar surface area (TPSA) is 163 Å². The normalized spacial score (nSPS) is 13.5. The second-order valence-electron chi connectivity index (χ2n) is 10.2. The Labute approximate surface area is 322 Å². The molecule has 0 heterocycles. The van der Waals surface area contributed by atoms with Crippen molar-refractivity contribution in [3.8, 4) is 0 Å². The van der Waals surface area contributed by atoms with Crippen LogP contribution in [0.1, 0.15) is 26.2 Å². The Balaban J connectivity index is -0.000000759. The van der Waals surface area contributed by atoms with E-state index in [2.05, 4.69) is 11.4 Å². The van der Waals surface area contributed by atoms with Gasteiger partial charge in [0.25, 0.3) is 0 Å². The van der Waals surface area contributed by atoms with Gasteiger partial charge in [-0.15, -0.1) is 0 Å². The zero-order valence-corrected chi connectivity index (χ0v) is 36.6. The number of unbranched alkanes of at least 4 members (excludes halogenated alkanes) is 1. The van der Waals surface area contributed by atoms with Crippen LogP contribution in [0.2, 0.25) is 0 Å². The molecule has 0 aromatic rings. The molecule has 318 valence electrons. The van der Waals surface area contributed by atoms with Gasteiger partial charge in [-0.05, 0) is 12.8 Å². The lowest BCUT2D eigenvalue weighted by molar-refractivity contribution is -0.0160. The molecule has 0 radical (unpaired) electrons. The van der Waals surface area contributed by atoms with Gasteiger partial charge in [-0.3, -0.25) is 9.13 Å². The monoisotopic (exact) mass is 838 g/mol. The zero-order chi connectivity index (χ0) is 39.3. The third-order valence-corrected chi connectivity index (χ3v) is 10.9. The second-order valence-corrected chi connectivity index (χ2v) is 17.2. The first-order valence-corrected chi connectivity index (χ1v) is 23.9. The van der Waals surface area contributed by atoms with Crippen molar-refractivity contribution in [2.45, 2.75) is 26.2 Å². The molecule has 20 heteroatoms. The van der Waals surface area contributed by atoms with Crippen LogP contribution in [0.25, 0.3) is 0 Å². The molecule has 0 spiro atoms. The molecule has 0 aromatic carbocycles. The van der Waals surface area contributed by atoms with Gasteiger partial charge in [0.15, 0.2) is 0 Å². The first kappa shape index (κ1) is 56.9. The molecule has 2 unspecified atom stereocenters. The maximum atomic E-state index is 11.4. The molecule has 0 saturated carbocycles. The van der Waals surface area contributed by atoms with Gasteiger partial charge in [0, 0.05) is 67.0 Å². The largest absolute Gasteiger partial charge is 0.385 e. The van der Waals surface area contributed by atoms with Crippen molar-refractivity contribution >= 4 is 36.8 Å². The lowest BCUT2D eigenvalue weighted by Gasteiger charge is -2.11. The fraction of sp³-hybridized carbons (Fsp3) is 1.00. The van der Waals surface area contributed by atoms with Gasteiger partial charge in [-0.1, -0.05) is 34.9 Å². The summed E-state index contributed by atoms with van der Waals surface area (Å²) in [7, 11) is 5.89. The SMILES string of the molecule is CCCCSSCCCOC.COCCOCCOCCOCCOCCOCCOP(C)(=O)OC.COCCOCCOCCOP(C)(=O)OC. The highest BCUT2D eigenvalue weighted by molar-refractivity contribution is 8.76. The van der Waals surface area contributed by atoms with Gasteiger partial charge in [-0.25, -0.2) is 0 Å². The van der Waals surface area contributed by atoms with Gasteiger partial charge in [-0.2, -0.15) is 0 Å². The van der Waals surface area contributed by atoms with E-state index in [4.69, 9.17) is 60.9 Å². The van der Waals surface area contributed by atoms with Crippen molar-refractivity contribution in [3.63, 3.8) is 0 Å². The Kier molecular flexibility index (Phi) is 52.3. The molecule has 0 fully saturated rings. The molecule has 0 saturated heterocycles. The Morgan fingerprint density at radius 3 is 0.923 bits per heavy atom. The Morgan fingerprint density at radius 1 is 0.385 bits per heavy atom. The summed E-state index contributed by atoms with van der Waals surface area (Å²) in [6.07, 6.45) is 3.84. The predicted molar refractivity (Wildman–Crippen MR) is 209 cm³/mol. The molecule has 0 aliphatic rings. The smallest absolute Gasteiger partial charge is 0.327 e. The van der Waals surface area contributed by atoms with E-state index in [1.54, 1.807) is 21.3 Å². The molecule has 52 heavy (non-hydrogen) atoms. The Morgan fingerprint density at radius 2 is 0.654 bits per heavy atom. The van der Waals surface area contributed by atoms with Crippen LogP contribution < -0.4 is 0 Å². The summed E-state index contributed by atoms with van der Waals surface area (Å²) in [4.78, 5) is 0. The van der Waals surface area contributed by atoms with Gasteiger partial charge in [0.2, 0.25) is 0 Å². The molecule has 0 aromatic heterocycles. The number of methoxy groups -OCH3 is 3. The molecule has 0 bridgehead atoms. The van der Waals surface area contributed by atoms with Crippen LogP contribution in [0, 0.1) is 0 Å². The quantitative estimate of drug-likeness (QED) is 0.0429. The summed E-state index contributed by atoms with van der Waals surface area (Å²) >= 11 is 0. The van der Waals surface area contributed by atoms with E-state index < -0.39 is 15.2 Å². The van der Waals surface area contributed by atoms with Crippen molar-refractivity contribution in [3.05, 3.63) is 0 Å². The summed E-state index contributed by atoms with van der Waals surface area (Å²) in [6, 6.07) is 0.